The molecule has 2 amide bonds. The number of amides is 2. The minimum Gasteiger partial charge on any atom is -0.444 e. The van der Waals surface area contributed by atoms with Crippen molar-refractivity contribution in [2.45, 2.75) is 33.3 Å². The lowest BCUT2D eigenvalue weighted by Crippen LogP contribution is -2.27. The second-order valence-corrected chi connectivity index (χ2v) is 8.28. The molecule has 0 aliphatic rings. The molecular formula is C26H24FN3O3. The van der Waals surface area contributed by atoms with Gasteiger partial charge >= 0.3 is 6.09 Å². The van der Waals surface area contributed by atoms with E-state index in [0.717, 1.165) is 11.6 Å². The van der Waals surface area contributed by atoms with Crippen molar-refractivity contribution in [1.29, 1.82) is 0 Å². The number of carbonyl (C=O) groups is 2. The van der Waals surface area contributed by atoms with Crippen LogP contribution in [0.15, 0.2) is 60.8 Å². The minimum absolute atomic E-state index is 0.229. The molecule has 0 unspecified atom stereocenters. The third-order valence-electron chi connectivity index (χ3n) is 4.29. The van der Waals surface area contributed by atoms with E-state index in [1.54, 1.807) is 33.8 Å². The third kappa shape index (κ3) is 6.91. The van der Waals surface area contributed by atoms with E-state index in [-0.39, 0.29) is 17.1 Å². The highest BCUT2D eigenvalue weighted by Gasteiger charge is 2.18. The van der Waals surface area contributed by atoms with Gasteiger partial charge in [0.1, 0.15) is 17.2 Å². The number of rotatable bonds is 3. The molecule has 7 heteroatoms. The zero-order chi connectivity index (χ0) is 24.0. The number of nitrogens with zero attached hydrogens (tertiary/aromatic N) is 1. The average molecular weight is 445 g/mol. The van der Waals surface area contributed by atoms with E-state index < -0.39 is 23.4 Å². The Morgan fingerprint density at radius 1 is 0.970 bits per heavy atom. The van der Waals surface area contributed by atoms with Crippen molar-refractivity contribution in [3.63, 3.8) is 0 Å². The van der Waals surface area contributed by atoms with Gasteiger partial charge in [0.05, 0.1) is 5.56 Å². The summed E-state index contributed by atoms with van der Waals surface area (Å²) >= 11 is 0. The number of anilines is 2. The van der Waals surface area contributed by atoms with Gasteiger partial charge in [0.15, 0.2) is 0 Å². The molecule has 0 aliphatic heterocycles. The van der Waals surface area contributed by atoms with E-state index in [2.05, 4.69) is 27.5 Å². The second kappa shape index (κ2) is 9.96. The number of hydrogen-bond acceptors (Lipinski definition) is 4. The molecule has 0 spiro atoms. The molecule has 0 saturated carbocycles. The van der Waals surface area contributed by atoms with Gasteiger partial charge < -0.3 is 10.1 Å². The molecule has 6 nitrogen and oxygen atoms in total. The Kier molecular flexibility index (Phi) is 7.09. The fraction of sp³-hybridized carbons (Fsp3) is 0.192. The zero-order valence-corrected chi connectivity index (χ0v) is 18.8. The normalized spacial score (nSPS) is 10.6. The fourth-order valence-corrected chi connectivity index (χ4v) is 2.81. The molecule has 1 heterocycles. The van der Waals surface area contributed by atoms with Crippen LogP contribution in [0, 0.1) is 24.6 Å². The van der Waals surface area contributed by atoms with E-state index in [1.165, 1.54) is 18.3 Å². The maximum Gasteiger partial charge on any atom is 0.412 e. The van der Waals surface area contributed by atoms with Crippen molar-refractivity contribution in [3.8, 4) is 11.8 Å². The number of aromatic nitrogens is 1. The summed E-state index contributed by atoms with van der Waals surface area (Å²) in [5.41, 5.74) is 1.54. The van der Waals surface area contributed by atoms with Crippen LogP contribution in [-0.2, 0) is 4.74 Å². The number of ether oxygens (including phenoxy) is 1. The number of aryl methyl sites for hydroxylation is 1. The van der Waals surface area contributed by atoms with E-state index >= 15 is 0 Å². The Balaban J connectivity index is 1.73. The Labute approximate surface area is 192 Å². The van der Waals surface area contributed by atoms with Crippen LogP contribution in [0.2, 0.25) is 0 Å². The number of halogens is 1. The topological polar surface area (TPSA) is 80.3 Å². The Bertz CT molecular complexity index is 1240. The van der Waals surface area contributed by atoms with Crippen molar-refractivity contribution >= 4 is 23.5 Å². The van der Waals surface area contributed by atoms with E-state index in [9.17, 15) is 14.0 Å². The summed E-state index contributed by atoms with van der Waals surface area (Å²) in [6.45, 7) is 6.95. The van der Waals surface area contributed by atoms with E-state index in [1.807, 2.05) is 30.3 Å². The van der Waals surface area contributed by atoms with Gasteiger partial charge in [-0.05, 0) is 69.7 Å². The molecule has 0 fully saturated rings. The molecule has 0 radical (unpaired) electrons. The lowest BCUT2D eigenvalue weighted by atomic mass is 10.1. The Hall–Kier alpha value is -4.18. The highest BCUT2D eigenvalue weighted by molar-refractivity contribution is 6.05. The standard InChI is InChI=1S/C26H24FN3O3/c1-17-14-19(11-10-18-8-6-5-7-9-18)16-28-23(17)30-24(31)21-15-20(12-13-22(21)27)29-25(32)33-26(2,3)4/h5-9,12-16H,1-4H3,(H,29,32)(H,28,30,31). The first-order valence-corrected chi connectivity index (χ1v) is 10.3. The van der Waals surface area contributed by atoms with Gasteiger partial charge in [-0.3, -0.25) is 10.1 Å². The highest BCUT2D eigenvalue weighted by Crippen LogP contribution is 2.19. The summed E-state index contributed by atoms with van der Waals surface area (Å²) < 4.78 is 19.5. The zero-order valence-electron chi connectivity index (χ0n) is 18.8. The second-order valence-electron chi connectivity index (χ2n) is 8.28. The van der Waals surface area contributed by atoms with Gasteiger partial charge in [0.2, 0.25) is 0 Å². The van der Waals surface area contributed by atoms with Crippen LogP contribution < -0.4 is 10.6 Å². The summed E-state index contributed by atoms with van der Waals surface area (Å²) in [5, 5.41) is 5.10. The molecule has 1 aromatic heterocycles. The summed E-state index contributed by atoms with van der Waals surface area (Å²) in [5.74, 6) is 4.93. The monoisotopic (exact) mass is 445 g/mol. The number of hydrogen-bond donors (Lipinski definition) is 2. The van der Waals surface area contributed by atoms with Gasteiger partial charge in [-0.2, -0.15) is 0 Å². The molecule has 168 valence electrons. The summed E-state index contributed by atoms with van der Waals surface area (Å²) in [6, 6.07) is 15.0. The molecule has 3 rings (SSSR count). The predicted molar refractivity (Wildman–Crippen MR) is 126 cm³/mol. The first kappa shape index (κ1) is 23.5. The van der Waals surface area contributed by atoms with Gasteiger partial charge in [-0.25, -0.2) is 14.2 Å². The lowest BCUT2D eigenvalue weighted by Gasteiger charge is -2.19. The SMILES string of the molecule is Cc1cc(C#Cc2ccccc2)cnc1NC(=O)c1cc(NC(=O)OC(C)(C)C)ccc1F. The van der Waals surface area contributed by atoms with Crippen LogP contribution in [0.1, 0.15) is 47.8 Å². The van der Waals surface area contributed by atoms with Crippen molar-refractivity contribution in [1.82, 2.24) is 4.98 Å². The molecule has 3 aromatic rings. The molecule has 2 N–H and O–H groups in total. The Morgan fingerprint density at radius 3 is 2.33 bits per heavy atom. The van der Waals surface area contributed by atoms with Gasteiger partial charge in [-0.15, -0.1) is 0 Å². The number of pyridine rings is 1. The van der Waals surface area contributed by atoms with Crippen molar-refractivity contribution < 1.29 is 18.7 Å². The van der Waals surface area contributed by atoms with Gasteiger partial charge in [-0.1, -0.05) is 30.0 Å². The molecule has 0 atom stereocenters. The first-order valence-electron chi connectivity index (χ1n) is 10.3. The minimum atomic E-state index is -0.731. The molecular weight excluding hydrogens is 421 g/mol. The molecule has 0 aliphatic carbocycles. The van der Waals surface area contributed by atoms with Crippen molar-refractivity contribution in [2.24, 2.45) is 0 Å². The van der Waals surface area contributed by atoms with Gasteiger partial charge in [0.25, 0.3) is 5.91 Å². The van der Waals surface area contributed by atoms with Crippen LogP contribution in [0.5, 0.6) is 0 Å². The van der Waals surface area contributed by atoms with Crippen molar-refractivity contribution in [3.05, 3.63) is 88.9 Å². The predicted octanol–water partition coefficient (Wildman–Crippen LogP) is 5.53. The van der Waals surface area contributed by atoms with Crippen LogP contribution in [0.4, 0.5) is 20.7 Å². The summed E-state index contributed by atoms with van der Waals surface area (Å²) in [7, 11) is 0. The molecule has 0 saturated heterocycles. The largest absolute Gasteiger partial charge is 0.444 e. The molecule has 0 bridgehead atoms. The lowest BCUT2D eigenvalue weighted by molar-refractivity contribution is 0.0635. The first-order chi connectivity index (χ1) is 15.6. The number of carbonyl (C=O) groups excluding carboxylic acids is 2. The van der Waals surface area contributed by atoms with Crippen molar-refractivity contribution in [2.75, 3.05) is 10.6 Å². The third-order valence-corrected chi connectivity index (χ3v) is 4.29. The maximum absolute atomic E-state index is 14.3. The number of nitrogens with one attached hydrogen (secondary N) is 2. The van der Waals surface area contributed by atoms with Crippen LogP contribution in [-0.4, -0.2) is 22.6 Å². The average Bonchev–Trinajstić information content (AvgIpc) is 2.74. The van der Waals surface area contributed by atoms with Crippen LogP contribution in [0.3, 0.4) is 0 Å². The van der Waals surface area contributed by atoms with E-state index in [0.29, 0.717) is 11.1 Å². The van der Waals surface area contributed by atoms with E-state index in [4.69, 9.17) is 4.74 Å². The molecule has 33 heavy (non-hydrogen) atoms. The summed E-state index contributed by atoms with van der Waals surface area (Å²) in [4.78, 5) is 28.9. The molecule has 2 aromatic carbocycles. The smallest absolute Gasteiger partial charge is 0.412 e. The quantitative estimate of drug-likeness (QED) is 0.520. The summed E-state index contributed by atoms with van der Waals surface area (Å²) in [6.07, 6.45) is 0.834. The Morgan fingerprint density at radius 2 is 1.67 bits per heavy atom. The maximum atomic E-state index is 14.3. The van der Waals surface area contributed by atoms with Gasteiger partial charge in [0, 0.05) is 23.0 Å². The number of benzene rings is 2. The van der Waals surface area contributed by atoms with Crippen LogP contribution >= 0.6 is 0 Å². The van der Waals surface area contributed by atoms with Crippen LogP contribution in [0.25, 0.3) is 0 Å². The fourth-order valence-electron chi connectivity index (χ4n) is 2.81. The highest BCUT2D eigenvalue weighted by atomic mass is 19.1.